The Morgan fingerprint density at radius 1 is 0.957 bits per heavy atom. The Morgan fingerprint density at radius 2 is 1.65 bits per heavy atom. The lowest BCUT2D eigenvalue weighted by molar-refractivity contribution is 0.352. The molecule has 0 amide bonds. The van der Waals surface area contributed by atoms with Crippen molar-refractivity contribution in [2.24, 2.45) is 0 Å². The van der Waals surface area contributed by atoms with Crippen LogP contribution in [0.2, 0.25) is 0 Å². The maximum Gasteiger partial charge on any atom is 0.161 e. The topological polar surface area (TPSA) is 39.7 Å². The maximum absolute atomic E-state index is 5.58. The van der Waals surface area contributed by atoms with Crippen LogP contribution < -0.4 is 19.5 Å². The van der Waals surface area contributed by atoms with Crippen molar-refractivity contribution in [2.75, 3.05) is 27.9 Å². The number of rotatable bonds is 4. The van der Waals surface area contributed by atoms with Gasteiger partial charge in [-0.3, -0.25) is 0 Å². The van der Waals surface area contributed by atoms with Gasteiger partial charge in [0.25, 0.3) is 0 Å². The second-order valence-corrected chi connectivity index (χ2v) is 5.68. The molecule has 0 aromatic heterocycles. The summed E-state index contributed by atoms with van der Waals surface area (Å²) in [4.78, 5) is 0. The van der Waals surface area contributed by atoms with Gasteiger partial charge >= 0.3 is 0 Å². The molecule has 0 spiro atoms. The molecule has 1 N–H and O–H groups in total. The molecule has 121 valence electrons. The number of methoxy groups -OCH3 is 3. The van der Waals surface area contributed by atoms with E-state index in [9.17, 15) is 0 Å². The average molecular weight is 312 g/mol. The Morgan fingerprint density at radius 3 is 2.35 bits per heavy atom. The first-order valence-corrected chi connectivity index (χ1v) is 7.72. The summed E-state index contributed by atoms with van der Waals surface area (Å²) in [6.45, 7) is 2.92. The van der Waals surface area contributed by atoms with Gasteiger partial charge in [0.2, 0.25) is 0 Å². The number of aryl methyl sites for hydroxylation is 1. The molecule has 1 atom stereocenters. The third-order valence-electron chi connectivity index (χ3n) is 4.32. The first-order valence-electron chi connectivity index (χ1n) is 7.72. The highest BCUT2D eigenvalue weighted by atomic mass is 16.5. The van der Waals surface area contributed by atoms with Gasteiger partial charge in [0.1, 0.15) is 5.75 Å². The number of benzene rings is 2. The third-order valence-corrected chi connectivity index (χ3v) is 4.32. The molecule has 0 bridgehead atoms. The van der Waals surface area contributed by atoms with E-state index in [4.69, 9.17) is 14.2 Å². The van der Waals surface area contributed by atoms with Gasteiger partial charge in [-0.2, -0.15) is 0 Å². The summed E-state index contributed by atoms with van der Waals surface area (Å²) in [7, 11) is 5.03. The Hall–Kier alpha value is -2.20. The van der Waals surface area contributed by atoms with Crippen LogP contribution in [0.15, 0.2) is 24.3 Å². The first-order chi connectivity index (χ1) is 11.2. The lowest BCUT2D eigenvalue weighted by atomic mass is 9.88. The zero-order valence-corrected chi connectivity index (χ0v) is 14.0. The lowest BCUT2D eigenvalue weighted by Crippen LogP contribution is -2.31. The lowest BCUT2D eigenvalue weighted by Gasteiger charge is -2.29. The summed E-state index contributed by atoms with van der Waals surface area (Å²) in [6.07, 6.45) is 0.962. The summed E-state index contributed by atoms with van der Waals surface area (Å²) < 4.78 is 16.5. The van der Waals surface area contributed by atoms with Crippen molar-refractivity contribution >= 4 is 0 Å². The van der Waals surface area contributed by atoms with Crippen molar-refractivity contribution in [3.05, 3.63) is 52.6 Å². The van der Waals surface area contributed by atoms with Gasteiger partial charge in [0.05, 0.1) is 27.4 Å². The van der Waals surface area contributed by atoms with Crippen LogP contribution in [-0.2, 0) is 6.42 Å². The van der Waals surface area contributed by atoms with Crippen molar-refractivity contribution < 1.29 is 14.2 Å². The number of ether oxygens (including phenoxy) is 3. The molecule has 4 heteroatoms. The highest BCUT2D eigenvalue weighted by molar-refractivity contribution is 5.53. The Balaban J connectivity index is 2.11. The molecule has 1 radical (unpaired) electrons. The van der Waals surface area contributed by atoms with Crippen molar-refractivity contribution in [3.8, 4) is 17.2 Å². The molecule has 2 aromatic rings. The van der Waals surface area contributed by atoms with E-state index in [1.807, 2.05) is 19.1 Å². The van der Waals surface area contributed by atoms with Gasteiger partial charge in [-0.05, 0) is 60.4 Å². The van der Waals surface area contributed by atoms with Crippen LogP contribution in [0.3, 0.4) is 0 Å². The molecule has 4 nitrogen and oxygen atoms in total. The second kappa shape index (κ2) is 6.50. The molecule has 3 rings (SSSR count). The van der Waals surface area contributed by atoms with E-state index in [1.165, 1.54) is 11.1 Å². The summed E-state index contributed by atoms with van der Waals surface area (Å²) in [5, 5.41) is 3.58. The molecular formula is C19H22NO3. The fraction of sp³-hybridized carbons (Fsp3) is 0.368. The Labute approximate surface area is 137 Å². The number of hydrogen-bond acceptors (Lipinski definition) is 4. The molecule has 23 heavy (non-hydrogen) atoms. The number of hydrogen-bond donors (Lipinski definition) is 1. The molecule has 1 aliphatic rings. The molecule has 1 unspecified atom stereocenters. The normalized spacial score (nSPS) is 16.6. The van der Waals surface area contributed by atoms with Gasteiger partial charge in [-0.15, -0.1) is 0 Å². The van der Waals surface area contributed by atoms with E-state index in [-0.39, 0.29) is 6.04 Å². The van der Waals surface area contributed by atoms with E-state index in [0.29, 0.717) is 0 Å². The van der Waals surface area contributed by atoms with Crippen molar-refractivity contribution in [3.63, 3.8) is 0 Å². The van der Waals surface area contributed by atoms with Gasteiger partial charge in [-0.1, -0.05) is 0 Å². The summed E-state index contributed by atoms with van der Waals surface area (Å²) in [6, 6.07) is 11.5. The quantitative estimate of drug-likeness (QED) is 0.942. The molecule has 1 heterocycles. The Kier molecular flexibility index (Phi) is 4.44. The molecular weight excluding hydrogens is 290 g/mol. The highest BCUT2D eigenvalue weighted by Gasteiger charge is 2.26. The van der Waals surface area contributed by atoms with Crippen LogP contribution in [0.5, 0.6) is 17.2 Å². The predicted octanol–water partition coefficient (Wildman–Crippen LogP) is 3.06. The zero-order chi connectivity index (χ0) is 16.4. The van der Waals surface area contributed by atoms with Crippen molar-refractivity contribution in [1.29, 1.82) is 0 Å². The Bertz CT molecular complexity index is 712. The zero-order valence-electron chi connectivity index (χ0n) is 14.0. The minimum Gasteiger partial charge on any atom is -0.496 e. The van der Waals surface area contributed by atoms with Crippen LogP contribution in [0.4, 0.5) is 0 Å². The van der Waals surface area contributed by atoms with E-state index < -0.39 is 0 Å². The minimum atomic E-state index is 0.0605. The smallest absolute Gasteiger partial charge is 0.161 e. The highest BCUT2D eigenvalue weighted by Crippen LogP contribution is 2.39. The minimum absolute atomic E-state index is 0.0605. The van der Waals surface area contributed by atoms with Gasteiger partial charge in [-0.25, -0.2) is 0 Å². The number of nitrogens with one attached hydrogen (secondary N) is 1. The maximum atomic E-state index is 5.58. The average Bonchev–Trinajstić information content (AvgIpc) is 2.59. The third kappa shape index (κ3) is 2.86. The van der Waals surface area contributed by atoms with E-state index in [2.05, 4.69) is 23.5 Å². The molecule has 0 fully saturated rings. The summed E-state index contributed by atoms with van der Waals surface area (Å²) in [5.74, 6) is 2.39. The van der Waals surface area contributed by atoms with Crippen LogP contribution in [0.1, 0.15) is 28.3 Å². The molecule has 0 saturated heterocycles. The molecule has 0 aliphatic carbocycles. The standard InChI is InChI=1S/C19H22NO3/c1-12-5-6-14(16(9-12)21-2)19-15-11-18(23-4)17(22-3)10-13(15)7-8-20-19/h6,9-11,19-20H,7-8H2,1-4H3. The van der Waals surface area contributed by atoms with Crippen molar-refractivity contribution in [2.45, 2.75) is 19.4 Å². The SMILES string of the molecule is COc1cc2c(cc1OC)C(c1c[c]c(C)cc1OC)NCC2. The fourth-order valence-electron chi connectivity index (χ4n) is 3.15. The largest absolute Gasteiger partial charge is 0.496 e. The molecule has 2 aromatic carbocycles. The van der Waals surface area contributed by atoms with E-state index >= 15 is 0 Å². The molecule has 0 saturated carbocycles. The van der Waals surface area contributed by atoms with Gasteiger partial charge < -0.3 is 19.5 Å². The summed E-state index contributed by atoms with van der Waals surface area (Å²) in [5.41, 5.74) is 4.62. The van der Waals surface area contributed by atoms with Crippen LogP contribution in [0, 0.1) is 13.0 Å². The number of fused-ring (bicyclic) bond motifs is 1. The molecule has 1 aliphatic heterocycles. The van der Waals surface area contributed by atoms with E-state index in [0.717, 1.165) is 41.3 Å². The van der Waals surface area contributed by atoms with E-state index in [1.54, 1.807) is 21.3 Å². The van der Waals surface area contributed by atoms with Crippen LogP contribution in [0.25, 0.3) is 0 Å². The monoisotopic (exact) mass is 312 g/mol. The summed E-state index contributed by atoms with van der Waals surface area (Å²) >= 11 is 0. The fourth-order valence-corrected chi connectivity index (χ4v) is 3.15. The first kappa shape index (κ1) is 15.7. The predicted molar refractivity (Wildman–Crippen MR) is 89.7 cm³/mol. The van der Waals surface area contributed by atoms with Gasteiger partial charge in [0.15, 0.2) is 11.5 Å². The van der Waals surface area contributed by atoms with Crippen molar-refractivity contribution in [1.82, 2.24) is 5.32 Å². The van der Waals surface area contributed by atoms with Gasteiger partial charge in [0, 0.05) is 12.1 Å². The second-order valence-electron chi connectivity index (χ2n) is 5.68. The van der Waals surface area contributed by atoms with Crippen LogP contribution in [-0.4, -0.2) is 27.9 Å². The van der Waals surface area contributed by atoms with Crippen LogP contribution >= 0.6 is 0 Å².